The number of nitrogens with one attached hydrogen (secondary N) is 1. The number of carbonyl (C=O) groups excluding carboxylic acids is 3. The molecule has 1 heterocycles. The second-order valence-corrected chi connectivity index (χ2v) is 2.94. The highest BCUT2D eigenvalue weighted by Gasteiger charge is 2.41. The Kier molecular flexibility index (Phi) is 3.84. The molecule has 0 aromatic heterocycles. The molecule has 0 atom stereocenters. The van der Waals surface area contributed by atoms with Crippen LogP contribution in [-0.2, 0) is 19.2 Å². The van der Waals surface area contributed by atoms with Crippen molar-refractivity contribution in [2.75, 3.05) is 13.1 Å². The van der Waals surface area contributed by atoms with E-state index in [1.165, 1.54) is 0 Å². The SMILES string of the molecule is O=C1C=CC(=O)N1CCNOC(=O)C(F)(F)F. The average Bonchev–Trinajstić information content (AvgIpc) is 2.53. The Bertz CT molecular complexity index is 359. The third-order valence-corrected chi connectivity index (χ3v) is 1.73. The standard InChI is InChI=1S/C8H7F3N2O4/c9-8(10,11)7(16)17-12-3-4-13-5(14)1-2-6(13)15/h1-2,12H,3-4H2. The number of hydrogen-bond donors (Lipinski definition) is 1. The molecule has 0 aromatic rings. The summed E-state index contributed by atoms with van der Waals surface area (Å²) in [6.45, 7) is -0.489. The van der Waals surface area contributed by atoms with Crippen LogP contribution in [0.5, 0.6) is 0 Å². The summed E-state index contributed by atoms with van der Waals surface area (Å²) < 4.78 is 35.0. The largest absolute Gasteiger partial charge is 0.492 e. The number of nitrogens with zero attached hydrogens (tertiary/aromatic N) is 1. The van der Waals surface area contributed by atoms with Crippen LogP contribution in [0.3, 0.4) is 0 Å². The van der Waals surface area contributed by atoms with Crippen LogP contribution in [0.15, 0.2) is 12.2 Å². The fraction of sp³-hybridized carbons (Fsp3) is 0.375. The predicted molar refractivity (Wildman–Crippen MR) is 46.0 cm³/mol. The molecule has 0 saturated carbocycles. The van der Waals surface area contributed by atoms with Gasteiger partial charge < -0.3 is 4.84 Å². The molecule has 94 valence electrons. The lowest BCUT2D eigenvalue weighted by atomic mass is 10.5. The van der Waals surface area contributed by atoms with Gasteiger partial charge in [0.1, 0.15) is 0 Å². The Balaban J connectivity index is 2.24. The third-order valence-electron chi connectivity index (χ3n) is 1.73. The van der Waals surface area contributed by atoms with Gasteiger partial charge in [-0.25, -0.2) is 4.79 Å². The Hall–Kier alpha value is -1.90. The monoisotopic (exact) mass is 252 g/mol. The van der Waals surface area contributed by atoms with E-state index >= 15 is 0 Å². The molecule has 1 aliphatic rings. The van der Waals surface area contributed by atoms with E-state index in [4.69, 9.17) is 0 Å². The Labute approximate surface area is 93.0 Å². The smallest absolute Gasteiger partial charge is 0.364 e. The summed E-state index contributed by atoms with van der Waals surface area (Å²) in [7, 11) is 0. The maximum atomic E-state index is 11.7. The number of imide groups is 1. The fourth-order valence-electron chi connectivity index (χ4n) is 0.983. The number of carbonyl (C=O) groups is 3. The second-order valence-electron chi connectivity index (χ2n) is 2.94. The summed E-state index contributed by atoms with van der Waals surface area (Å²) in [5, 5.41) is 0. The minimum Gasteiger partial charge on any atom is -0.364 e. The van der Waals surface area contributed by atoms with Crippen molar-refractivity contribution in [3.8, 4) is 0 Å². The molecule has 6 nitrogen and oxygen atoms in total. The van der Waals surface area contributed by atoms with Gasteiger partial charge in [-0.2, -0.15) is 18.7 Å². The van der Waals surface area contributed by atoms with Crippen LogP contribution in [0.2, 0.25) is 0 Å². The molecular weight excluding hydrogens is 245 g/mol. The third kappa shape index (κ3) is 3.55. The zero-order chi connectivity index (χ0) is 13.1. The van der Waals surface area contributed by atoms with Crippen molar-refractivity contribution in [1.29, 1.82) is 0 Å². The topological polar surface area (TPSA) is 75.7 Å². The molecule has 0 bridgehead atoms. The van der Waals surface area contributed by atoms with E-state index in [2.05, 4.69) is 4.84 Å². The van der Waals surface area contributed by atoms with Crippen LogP contribution in [0.1, 0.15) is 0 Å². The van der Waals surface area contributed by atoms with Crippen molar-refractivity contribution >= 4 is 17.8 Å². The van der Waals surface area contributed by atoms with Gasteiger partial charge in [-0.05, 0) is 0 Å². The number of hydroxylamine groups is 1. The highest BCUT2D eigenvalue weighted by molar-refractivity contribution is 6.12. The van der Waals surface area contributed by atoms with Crippen molar-refractivity contribution in [2.24, 2.45) is 0 Å². The van der Waals surface area contributed by atoms with Crippen LogP contribution in [0.25, 0.3) is 0 Å². The first-order valence-corrected chi connectivity index (χ1v) is 4.37. The minimum atomic E-state index is -5.09. The zero-order valence-corrected chi connectivity index (χ0v) is 8.28. The number of rotatable bonds is 4. The molecule has 2 amide bonds. The molecule has 9 heteroatoms. The summed E-state index contributed by atoms with van der Waals surface area (Å²) in [6, 6.07) is 0. The molecule has 0 aromatic carbocycles. The van der Waals surface area contributed by atoms with Crippen LogP contribution in [0, 0.1) is 0 Å². The summed E-state index contributed by atoms with van der Waals surface area (Å²) in [5.41, 5.74) is 1.72. The Morgan fingerprint density at radius 3 is 2.29 bits per heavy atom. The van der Waals surface area contributed by atoms with Crippen LogP contribution in [0.4, 0.5) is 13.2 Å². The highest BCUT2D eigenvalue weighted by Crippen LogP contribution is 2.15. The number of amides is 2. The summed E-state index contributed by atoms with van der Waals surface area (Å²) in [4.78, 5) is 36.6. The molecule has 0 aliphatic carbocycles. The quantitative estimate of drug-likeness (QED) is 0.415. The fourth-order valence-corrected chi connectivity index (χ4v) is 0.983. The van der Waals surface area contributed by atoms with Crippen molar-refractivity contribution < 1.29 is 32.4 Å². The van der Waals surface area contributed by atoms with Crippen molar-refractivity contribution in [2.45, 2.75) is 6.18 Å². The van der Waals surface area contributed by atoms with Crippen LogP contribution in [-0.4, -0.2) is 41.9 Å². The van der Waals surface area contributed by atoms with Gasteiger partial charge in [-0.15, -0.1) is 0 Å². The maximum Gasteiger partial charge on any atom is 0.492 e. The van der Waals surface area contributed by atoms with Crippen molar-refractivity contribution in [1.82, 2.24) is 10.4 Å². The van der Waals surface area contributed by atoms with Gasteiger partial charge in [0.15, 0.2) is 0 Å². The first kappa shape index (κ1) is 13.2. The maximum absolute atomic E-state index is 11.7. The van der Waals surface area contributed by atoms with Crippen LogP contribution >= 0.6 is 0 Å². The second kappa shape index (κ2) is 4.95. The molecule has 0 unspecified atom stereocenters. The van der Waals surface area contributed by atoms with Crippen molar-refractivity contribution in [3.05, 3.63) is 12.2 Å². The molecule has 1 N–H and O–H groups in total. The minimum absolute atomic E-state index is 0.199. The zero-order valence-electron chi connectivity index (χ0n) is 8.28. The number of halogens is 3. The molecule has 0 saturated heterocycles. The molecule has 0 spiro atoms. The van der Waals surface area contributed by atoms with Gasteiger partial charge in [0.05, 0.1) is 6.54 Å². The van der Waals surface area contributed by atoms with Gasteiger partial charge in [-0.3, -0.25) is 14.5 Å². The lowest BCUT2D eigenvalue weighted by Gasteiger charge is -2.13. The van der Waals surface area contributed by atoms with E-state index in [1.54, 1.807) is 5.48 Å². The lowest BCUT2D eigenvalue weighted by molar-refractivity contribution is -0.206. The van der Waals surface area contributed by atoms with Crippen molar-refractivity contribution in [3.63, 3.8) is 0 Å². The van der Waals surface area contributed by atoms with E-state index in [9.17, 15) is 27.6 Å². The van der Waals surface area contributed by atoms with Gasteiger partial charge in [0.2, 0.25) is 0 Å². The molecule has 0 fully saturated rings. The van der Waals surface area contributed by atoms with E-state index < -0.39 is 24.0 Å². The van der Waals surface area contributed by atoms with E-state index in [1.807, 2.05) is 0 Å². The van der Waals surface area contributed by atoms with Gasteiger partial charge in [0.25, 0.3) is 11.8 Å². The number of alkyl halides is 3. The molecule has 0 radical (unpaired) electrons. The summed E-state index contributed by atoms with van der Waals surface area (Å²) in [6.07, 6.45) is -3.03. The Morgan fingerprint density at radius 2 is 1.82 bits per heavy atom. The molecule has 1 aliphatic heterocycles. The first-order chi connectivity index (χ1) is 7.82. The number of hydrogen-bond acceptors (Lipinski definition) is 5. The van der Waals surface area contributed by atoms with E-state index in [0.29, 0.717) is 0 Å². The van der Waals surface area contributed by atoms with E-state index in [0.717, 1.165) is 17.1 Å². The predicted octanol–water partition coefficient (Wildman–Crippen LogP) is -0.478. The molecule has 1 rings (SSSR count). The van der Waals surface area contributed by atoms with E-state index in [-0.39, 0.29) is 13.1 Å². The molecule has 17 heavy (non-hydrogen) atoms. The van der Waals surface area contributed by atoms with Gasteiger partial charge >= 0.3 is 12.1 Å². The summed E-state index contributed by atoms with van der Waals surface area (Å²) in [5.74, 6) is -3.53. The highest BCUT2D eigenvalue weighted by atomic mass is 19.4. The Morgan fingerprint density at radius 1 is 1.29 bits per heavy atom. The van der Waals surface area contributed by atoms with Crippen LogP contribution < -0.4 is 5.48 Å². The lowest BCUT2D eigenvalue weighted by Crippen LogP contribution is -2.38. The average molecular weight is 252 g/mol. The van der Waals surface area contributed by atoms with Gasteiger partial charge in [-0.1, -0.05) is 0 Å². The first-order valence-electron chi connectivity index (χ1n) is 4.37. The normalized spacial score (nSPS) is 15.6. The molecular formula is C8H7F3N2O4. The van der Waals surface area contributed by atoms with Gasteiger partial charge in [0, 0.05) is 18.7 Å². The summed E-state index contributed by atoms with van der Waals surface area (Å²) >= 11 is 0.